The average molecular weight is 330 g/mol. The van der Waals surface area contributed by atoms with E-state index in [0.29, 0.717) is 0 Å². The fourth-order valence-corrected chi connectivity index (χ4v) is 3.47. The summed E-state index contributed by atoms with van der Waals surface area (Å²) in [6.07, 6.45) is 0. The summed E-state index contributed by atoms with van der Waals surface area (Å²) >= 11 is 0. The minimum Gasteiger partial charge on any atom is -0.385 e. The molecule has 0 saturated carbocycles. The monoisotopic (exact) mass is 330 g/mol. The van der Waals surface area contributed by atoms with E-state index in [9.17, 15) is 9.50 Å². The van der Waals surface area contributed by atoms with Crippen molar-refractivity contribution in [2.45, 2.75) is 18.4 Å². The maximum Gasteiger partial charge on any atom is 0.123 e. The van der Waals surface area contributed by atoms with Gasteiger partial charge >= 0.3 is 0 Å². The minimum atomic E-state index is -1.07. The highest BCUT2D eigenvalue weighted by Gasteiger charge is 2.38. The number of ether oxygens (including phenoxy) is 1. The summed E-state index contributed by atoms with van der Waals surface area (Å²) in [7, 11) is 0. The van der Waals surface area contributed by atoms with Crippen LogP contribution in [0.25, 0.3) is 0 Å². The van der Waals surface area contributed by atoms with Crippen molar-refractivity contribution in [3.63, 3.8) is 0 Å². The number of rotatable bonds is 5. The van der Waals surface area contributed by atoms with Crippen LogP contribution in [0.4, 0.5) is 4.39 Å². The van der Waals surface area contributed by atoms with Gasteiger partial charge in [0.2, 0.25) is 0 Å². The summed E-state index contributed by atoms with van der Waals surface area (Å²) in [5.41, 5.74) is 0.775. The van der Waals surface area contributed by atoms with Gasteiger partial charge in [-0.05, 0) is 30.2 Å². The number of hydrogen-bond acceptors (Lipinski definition) is 2. The summed E-state index contributed by atoms with van der Waals surface area (Å²) in [4.78, 5) is 1.43. The van der Waals surface area contributed by atoms with Crippen molar-refractivity contribution in [3.8, 4) is 0 Å². The molecule has 2 N–H and O–H groups in total. The molecule has 1 heterocycles. The Morgan fingerprint density at radius 1 is 1.08 bits per heavy atom. The molecule has 24 heavy (non-hydrogen) atoms. The quantitative estimate of drug-likeness (QED) is 0.876. The van der Waals surface area contributed by atoms with Crippen LogP contribution in [0.5, 0.6) is 0 Å². The maximum absolute atomic E-state index is 13.3. The zero-order chi connectivity index (χ0) is 17.0. The van der Waals surface area contributed by atoms with Crippen LogP contribution in [0.2, 0.25) is 0 Å². The summed E-state index contributed by atoms with van der Waals surface area (Å²) in [6, 6.07) is 16.3. The molecule has 1 aliphatic heterocycles. The van der Waals surface area contributed by atoms with Crippen LogP contribution in [0.3, 0.4) is 0 Å². The standard InChI is InChI=1S/C20H24FNO2/c1-20(23,17-7-9-18(21)10-8-17)19(16-5-3-2-4-6-16)15-22-11-13-24-14-12-22/h2-10,19,23H,11-15H2,1H3/p+1/t19-,20-/m0/s1. The number of morpholine rings is 1. The molecule has 1 saturated heterocycles. The Balaban J connectivity index is 1.91. The van der Waals surface area contributed by atoms with Gasteiger partial charge in [0.15, 0.2) is 0 Å². The smallest absolute Gasteiger partial charge is 0.123 e. The Bertz CT molecular complexity index is 636. The maximum atomic E-state index is 13.3. The summed E-state index contributed by atoms with van der Waals surface area (Å²) < 4.78 is 18.7. The van der Waals surface area contributed by atoms with Crippen LogP contribution >= 0.6 is 0 Å². The third-order valence-corrected chi connectivity index (χ3v) is 5.00. The molecule has 0 bridgehead atoms. The number of quaternary nitrogens is 1. The lowest BCUT2D eigenvalue weighted by Gasteiger charge is -2.36. The third kappa shape index (κ3) is 3.83. The van der Waals surface area contributed by atoms with E-state index < -0.39 is 5.60 Å². The van der Waals surface area contributed by atoms with E-state index in [1.807, 2.05) is 25.1 Å². The van der Waals surface area contributed by atoms with E-state index in [2.05, 4.69) is 12.1 Å². The van der Waals surface area contributed by atoms with Gasteiger partial charge in [-0.3, -0.25) is 0 Å². The second-order valence-electron chi connectivity index (χ2n) is 6.68. The van der Waals surface area contributed by atoms with Crippen LogP contribution in [-0.4, -0.2) is 38.0 Å². The lowest BCUT2D eigenvalue weighted by molar-refractivity contribution is -0.910. The summed E-state index contributed by atoms with van der Waals surface area (Å²) in [5.74, 6) is -0.359. The highest BCUT2D eigenvalue weighted by Crippen LogP contribution is 2.36. The Hall–Kier alpha value is -1.75. The van der Waals surface area contributed by atoms with Crippen molar-refractivity contribution in [2.24, 2.45) is 0 Å². The first-order chi connectivity index (χ1) is 11.6. The highest BCUT2D eigenvalue weighted by atomic mass is 19.1. The zero-order valence-corrected chi connectivity index (χ0v) is 14.0. The molecule has 3 rings (SSSR count). The summed E-state index contributed by atoms with van der Waals surface area (Å²) in [5, 5.41) is 11.4. The van der Waals surface area contributed by atoms with Gasteiger partial charge in [-0.2, -0.15) is 0 Å². The predicted octanol–water partition coefficient (Wildman–Crippen LogP) is 1.73. The third-order valence-electron chi connectivity index (χ3n) is 5.00. The molecule has 2 atom stereocenters. The van der Waals surface area contributed by atoms with Crippen LogP contribution in [0.1, 0.15) is 24.0 Å². The molecule has 3 nitrogen and oxygen atoms in total. The molecule has 0 spiro atoms. The van der Waals surface area contributed by atoms with Gasteiger partial charge in [0.05, 0.1) is 31.3 Å². The minimum absolute atomic E-state index is 0.0720. The molecule has 0 aromatic heterocycles. The number of hydrogen-bond donors (Lipinski definition) is 2. The van der Waals surface area contributed by atoms with Crippen LogP contribution in [0.15, 0.2) is 54.6 Å². The van der Waals surface area contributed by atoms with Crippen molar-refractivity contribution in [1.82, 2.24) is 0 Å². The largest absolute Gasteiger partial charge is 0.385 e. The lowest BCUT2D eigenvalue weighted by Crippen LogP contribution is -3.14. The molecule has 4 heteroatoms. The second kappa shape index (κ2) is 7.43. The lowest BCUT2D eigenvalue weighted by atomic mass is 9.78. The molecule has 128 valence electrons. The highest BCUT2D eigenvalue weighted by molar-refractivity contribution is 5.30. The van der Waals surface area contributed by atoms with Crippen LogP contribution in [0, 0.1) is 5.82 Å². The first-order valence-corrected chi connectivity index (χ1v) is 8.52. The van der Waals surface area contributed by atoms with E-state index in [4.69, 9.17) is 4.74 Å². The molecule has 0 amide bonds. The van der Waals surface area contributed by atoms with Gasteiger partial charge in [0, 0.05) is 0 Å². The molecule has 0 radical (unpaired) electrons. The van der Waals surface area contributed by atoms with E-state index in [1.54, 1.807) is 12.1 Å². The van der Waals surface area contributed by atoms with Gasteiger partial charge in [-0.15, -0.1) is 0 Å². The molecule has 1 fully saturated rings. The zero-order valence-electron chi connectivity index (χ0n) is 14.0. The first kappa shape index (κ1) is 17.1. The van der Waals surface area contributed by atoms with Crippen LogP contribution < -0.4 is 4.90 Å². The SMILES string of the molecule is C[C@](O)(c1ccc(F)cc1)[C@@H](C[NH+]1CCOCC1)c1ccccc1. The second-order valence-corrected chi connectivity index (χ2v) is 6.68. The van der Waals surface area contributed by atoms with E-state index in [1.165, 1.54) is 17.0 Å². The average Bonchev–Trinajstić information content (AvgIpc) is 2.61. The topological polar surface area (TPSA) is 33.9 Å². The fraction of sp³-hybridized carbons (Fsp3) is 0.400. The molecule has 2 aromatic rings. The normalized spacial score (nSPS) is 19.6. The molecular weight excluding hydrogens is 305 g/mol. The van der Waals surface area contributed by atoms with Crippen molar-refractivity contribution in [2.75, 3.05) is 32.8 Å². The van der Waals surface area contributed by atoms with Crippen molar-refractivity contribution < 1.29 is 19.1 Å². The number of nitrogens with one attached hydrogen (secondary N) is 1. The van der Waals surface area contributed by atoms with Crippen molar-refractivity contribution in [3.05, 3.63) is 71.5 Å². The number of halogens is 1. The Kier molecular flexibility index (Phi) is 5.29. The van der Waals surface area contributed by atoms with E-state index in [0.717, 1.165) is 44.0 Å². The predicted molar refractivity (Wildman–Crippen MR) is 91.5 cm³/mol. The Morgan fingerprint density at radius 2 is 1.71 bits per heavy atom. The van der Waals surface area contributed by atoms with Crippen molar-refractivity contribution >= 4 is 0 Å². The molecule has 2 aromatic carbocycles. The van der Waals surface area contributed by atoms with Gasteiger partial charge < -0.3 is 14.7 Å². The molecule has 1 aliphatic rings. The molecule has 0 unspecified atom stereocenters. The van der Waals surface area contributed by atoms with Gasteiger partial charge in [0.25, 0.3) is 0 Å². The Morgan fingerprint density at radius 3 is 2.33 bits per heavy atom. The molecule has 0 aliphatic carbocycles. The molecular formula is C20H25FNO2+. The van der Waals surface area contributed by atoms with Gasteiger partial charge in [0.1, 0.15) is 18.9 Å². The fourth-order valence-electron chi connectivity index (χ4n) is 3.47. The summed E-state index contributed by atoms with van der Waals surface area (Å²) in [6.45, 7) is 6.06. The Labute approximate surface area is 142 Å². The van der Waals surface area contributed by atoms with Crippen molar-refractivity contribution in [1.29, 1.82) is 0 Å². The number of benzene rings is 2. The first-order valence-electron chi connectivity index (χ1n) is 8.52. The van der Waals surface area contributed by atoms with E-state index in [-0.39, 0.29) is 11.7 Å². The number of aliphatic hydroxyl groups is 1. The van der Waals surface area contributed by atoms with Crippen LogP contribution in [-0.2, 0) is 10.3 Å². The van der Waals surface area contributed by atoms with E-state index >= 15 is 0 Å². The van der Waals surface area contributed by atoms with Gasteiger partial charge in [-0.25, -0.2) is 4.39 Å². The van der Waals surface area contributed by atoms with Gasteiger partial charge in [-0.1, -0.05) is 42.5 Å².